The van der Waals surface area contributed by atoms with Crippen LogP contribution < -0.4 is 10.2 Å². The second-order valence-corrected chi connectivity index (χ2v) is 4.26. The summed E-state index contributed by atoms with van der Waals surface area (Å²) in [5.74, 6) is -1.93. The number of nitrogens with zero attached hydrogens (tertiary/aromatic N) is 2. The van der Waals surface area contributed by atoms with Gasteiger partial charge in [0, 0.05) is 35.8 Å². The van der Waals surface area contributed by atoms with E-state index in [0.717, 1.165) is 0 Å². The number of urea groups is 1. The van der Waals surface area contributed by atoms with Crippen LogP contribution in [0.5, 0.6) is 0 Å². The number of hydrogen-bond acceptors (Lipinski definition) is 4. The van der Waals surface area contributed by atoms with Crippen LogP contribution in [0.25, 0.3) is 0 Å². The molecule has 0 saturated heterocycles. The maximum atomic E-state index is 12.1. The van der Waals surface area contributed by atoms with Gasteiger partial charge in [0.05, 0.1) is 0 Å². The predicted molar refractivity (Wildman–Crippen MR) is 76.8 cm³/mol. The second kappa shape index (κ2) is 7.18. The molecule has 0 radical (unpaired) electrons. The first kappa shape index (κ1) is 16.4. The molecule has 0 aliphatic rings. The molecule has 1 heterocycles. The molecule has 21 heavy (non-hydrogen) atoms. The molecule has 7 heteroatoms. The molecular weight excluding hydrogens is 274 g/mol. The first-order valence-electron chi connectivity index (χ1n) is 6.32. The van der Waals surface area contributed by atoms with Crippen molar-refractivity contribution in [2.24, 2.45) is 0 Å². The number of hydrogen-bond donors (Lipinski definition) is 2. The molecule has 7 nitrogen and oxygen atoms in total. The van der Waals surface area contributed by atoms with Crippen molar-refractivity contribution in [1.29, 1.82) is 0 Å². The minimum Gasteiger partial charge on any atom is -0.478 e. The molecule has 0 aliphatic carbocycles. The molecule has 0 fully saturated rings. The molecular formula is C14H17N3O4. The van der Waals surface area contributed by atoms with E-state index in [-0.39, 0.29) is 11.1 Å². The van der Waals surface area contributed by atoms with Crippen LogP contribution >= 0.6 is 0 Å². The number of aliphatic carboxylic acids is 1. The molecule has 1 aromatic heterocycles. The van der Waals surface area contributed by atoms with Crippen LogP contribution in [-0.2, 0) is 9.59 Å². The number of carboxylic acid groups (broad SMARTS) is 1. The fourth-order valence-electron chi connectivity index (χ4n) is 1.56. The monoisotopic (exact) mass is 291 g/mol. The Balaban J connectivity index is 2.87. The number of imide groups is 1. The number of amides is 3. The Morgan fingerprint density at radius 2 is 1.76 bits per heavy atom. The van der Waals surface area contributed by atoms with Crippen molar-refractivity contribution in [3.05, 3.63) is 35.7 Å². The molecule has 0 spiro atoms. The van der Waals surface area contributed by atoms with Gasteiger partial charge in [-0.3, -0.25) is 20.0 Å². The summed E-state index contributed by atoms with van der Waals surface area (Å²) in [6.07, 6.45) is 3.07. The van der Waals surface area contributed by atoms with Crippen molar-refractivity contribution >= 4 is 23.6 Å². The summed E-state index contributed by atoms with van der Waals surface area (Å²) < 4.78 is 0. The fraction of sp³-hybridized carbons (Fsp3) is 0.286. The standard InChI is InChI=1S/C14H17N3O4/c1-4-17(11-5-7-15-8-6-11)14(21)16-12(18)9(2)10(3)13(19)20/h5-8H,4H2,1-3H3,(H,19,20)(H,16,18,21)/b10-9-. The Morgan fingerprint density at radius 3 is 2.24 bits per heavy atom. The zero-order valence-electron chi connectivity index (χ0n) is 12.1. The van der Waals surface area contributed by atoms with Gasteiger partial charge in [-0.25, -0.2) is 9.59 Å². The molecule has 3 amide bonds. The molecule has 0 atom stereocenters. The average Bonchev–Trinajstić information content (AvgIpc) is 2.47. The van der Waals surface area contributed by atoms with E-state index in [0.29, 0.717) is 12.2 Å². The number of aromatic nitrogens is 1. The smallest absolute Gasteiger partial charge is 0.331 e. The summed E-state index contributed by atoms with van der Waals surface area (Å²) in [6, 6.07) is 2.66. The normalized spacial score (nSPS) is 11.4. The van der Waals surface area contributed by atoms with Crippen molar-refractivity contribution in [2.75, 3.05) is 11.4 Å². The number of anilines is 1. The molecule has 1 aromatic rings. The van der Waals surface area contributed by atoms with E-state index in [1.807, 2.05) is 0 Å². The third kappa shape index (κ3) is 4.13. The SMILES string of the molecule is CCN(C(=O)NC(=O)/C(C)=C(/C)C(=O)O)c1ccncc1. The van der Waals surface area contributed by atoms with Crippen molar-refractivity contribution in [1.82, 2.24) is 10.3 Å². The van der Waals surface area contributed by atoms with Crippen molar-refractivity contribution in [2.45, 2.75) is 20.8 Å². The molecule has 0 aliphatic heterocycles. The van der Waals surface area contributed by atoms with Crippen molar-refractivity contribution in [3.63, 3.8) is 0 Å². The first-order chi connectivity index (χ1) is 9.88. The van der Waals surface area contributed by atoms with Crippen LogP contribution in [0.3, 0.4) is 0 Å². The Bertz CT molecular complexity index is 581. The fourth-order valence-corrected chi connectivity index (χ4v) is 1.56. The number of carboxylic acids is 1. The van der Waals surface area contributed by atoms with Crippen LogP contribution in [0, 0.1) is 0 Å². The molecule has 0 unspecified atom stereocenters. The summed E-state index contributed by atoms with van der Waals surface area (Å²) in [7, 11) is 0. The van der Waals surface area contributed by atoms with Gasteiger partial charge in [-0.05, 0) is 32.9 Å². The quantitative estimate of drug-likeness (QED) is 0.820. The van der Waals surface area contributed by atoms with E-state index in [9.17, 15) is 14.4 Å². The van der Waals surface area contributed by atoms with E-state index in [4.69, 9.17) is 5.11 Å². The highest BCUT2D eigenvalue weighted by Gasteiger charge is 2.19. The number of pyridine rings is 1. The van der Waals surface area contributed by atoms with Gasteiger partial charge in [0.1, 0.15) is 0 Å². The lowest BCUT2D eigenvalue weighted by atomic mass is 10.1. The number of carbonyl (C=O) groups excluding carboxylic acids is 2. The Morgan fingerprint density at radius 1 is 1.19 bits per heavy atom. The lowest BCUT2D eigenvalue weighted by Crippen LogP contribution is -2.43. The van der Waals surface area contributed by atoms with Gasteiger partial charge in [-0.1, -0.05) is 0 Å². The molecule has 1 rings (SSSR count). The van der Waals surface area contributed by atoms with Gasteiger partial charge in [-0.15, -0.1) is 0 Å². The highest BCUT2D eigenvalue weighted by molar-refractivity contribution is 6.10. The second-order valence-electron chi connectivity index (χ2n) is 4.26. The highest BCUT2D eigenvalue weighted by atomic mass is 16.4. The van der Waals surface area contributed by atoms with Gasteiger partial charge in [0.15, 0.2) is 0 Å². The third-order valence-electron chi connectivity index (χ3n) is 2.98. The van der Waals surface area contributed by atoms with Gasteiger partial charge >= 0.3 is 12.0 Å². The summed E-state index contributed by atoms with van der Waals surface area (Å²) >= 11 is 0. The van der Waals surface area contributed by atoms with Crippen molar-refractivity contribution < 1.29 is 19.5 Å². The van der Waals surface area contributed by atoms with Gasteiger partial charge in [-0.2, -0.15) is 0 Å². The minimum absolute atomic E-state index is 0.0124. The number of carbonyl (C=O) groups is 3. The number of rotatable bonds is 4. The van der Waals surface area contributed by atoms with E-state index < -0.39 is 17.9 Å². The highest BCUT2D eigenvalue weighted by Crippen LogP contribution is 2.12. The summed E-state index contributed by atoms with van der Waals surface area (Å²) in [5, 5.41) is 11.0. The van der Waals surface area contributed by atoms with Gasteiger partial charge in [0.2, 0.25) is 0 Å². The predicted octanol–water partition coefficient (Wildman–Crippen LogP) is 1.57. The van der Waals surface area contributed by atoms with E-state index >= 15 is 0 Å². The molecule has 0 aromatic carbocycles. The van der Waals surface area contributed by atoms with Crippen LogP contribution in [0.1, 0.15) is 20.8 Å². The molecule has 112 valence electrons. The van der Waals surface area contributed by atoms with E-state index in [2.05, 4.69) is 10.3 Å². The maximum absolute atomic E-state index is 12.1. The van der Waals surface area contributed by atoms with E-state index in [1.165, 1.54) is 31.1 Å². The Labute approximate surface area is 122 Å². The lowest BCUT2D eigenvalue weighted by molar-refractivity contribution is -0.133. The first-order valence-corrected chi connectivity index (χ1v) is 6.32. The molecule has 0 saturated carbocycles. The summed E-state index contributed by atoms with van der Waals surface area (Å²) in [6.45, 7) is 4.77. The van der Waals surface area contributed by atoms with Crippen LogP contribution in [0.15, 0.2) is 35.7 Å². The van der Waals surface area contributed by atoms with Gasteiger partial charge in [0.25, 0.3) is 5.91 Å². The maximum Gasteiger partial charge on any atom is 0.331 e. The summed E-state index contributed by atoms with van der Waals surface area (Å²) in [4.78, 5) is 40.0. The largest absolute Gasteiger partial charge is 0.478 e. The zero-order chi connectivity index (χ0) is 16.0. The van der Waals surface area contributed by atoms with Crippen LogP contribution in [0.2, 0.25) is 0 Å². The minimum atomic E-state index is -1.20. The Kier molecular flexibility index (Phi) is 5.59. The zero-order valence-corrected chi connectivity index (χ0v) is 12.1. The lowest BCUT2D eigenvalue weighted by Gasteiger charge is -2.20. The van der Waals surface area contributed by atoms with E-state index in [1.54, 1.807) is 19.1 Å². The van der Waals surface area contributed by atoms with Crippen LogP contribution in [0.4, 0.5) is 10.5 Å². The topological polar surface area (TPSA) is 99.6 Å². The molecule has 2 N–H and O–H groups in total. The molecule has 0 bridgehead atoms. The summed E-state index contributed by atoms with van der Waals surface area (Å²) in [5.41, 5.74) is 0.475. The van der Waals surface area contributed by atoms with Gasteiger partial charge < -0.3 is 5.11 Å². The average molecular weight is 291 g/mol. The Hall–Kier alpha value is -2.70. The van der Waals surface area contributed by atoms with Crippen LogP contribution in [-0.4, -0.2) is 34.5 Å². The third-order valence-corrected chi connectivity index (χ3v) is 2.98. The number of nitrogens with one attached hydrogen (secondary N) is 1. The van der Waals surface area contributed by atoms with Crippen molar-refractivity contribution in [3.8, 4) is 0 Å².